The molecule has 0 aliphatic carbocycles. The van der Waals surface area contributed by atoms with E-state index in [0.29, 0.717) is 10.7 Å². The summed E-state index contributed by atoms with van der Waals surface area (Å²) in [7, 11) is 0. The van der Waals surface area contributed by atoms with Crippen LogP contribution in [0.1, 0.15) is 12.5 Å². The quantitative estimate of drug-likeness (QED) is 0.632. The number of amides is 3. The molecule has 8 heteroatoms. The number of nitrogens with one attached hydrogen (secondary N) is 2. The van der Waals surface area contributed by atoms with Crippen molar-refractivity contribution in [2.75, 3.05) is 5.32 Å². The zero-order valence-corrected chi connectivity index (χ0v) is 15.4. The van der Waals surface area contributed by atoms with Gasteiger partial charge in [0.05, 0.1) is 0 Å². The smallest absolute Gasteiger partial charge is 0.329 e. The van der Waals surface area contributed by atoms with Crippen LogP contribution in [0.5, 0.6) is 0 Å². The van der Waals surface area contributed by atoms with Gasteiger partial charge >= 0.3 is 12.0 Å². The number of rotatable bonds is 7. The van der Waals surface area contributed by atoms with Gasteiger partial charge in [-0.25, -0.2) is 9.59 Å². The molecule has 0 spiro atoms. The number of hydrogen-bond donors (Lipinski definition) is 3. The molecule has 27 heavy (non-hydrogen) atoms. The fourth-order valence-corrected chi connectivity index (χ4v) is 2.53. The first-order valence-corrected chi connectivity index (χ1v) is 8.60. The van der Waals surface area contributed by atoms with Gasteiger partial charge in [-0.15, -0.1) is 0 Å². The van der Waals surface area contributed by atoms with E-state index in [4.69, 9.17) is 22.1 Å². The SMILES string of the molecule is C[C@H](OC(=O)[C@H](Cc1ccccc1)NC(N)=O)C(=O)Nc1cccc(Cl)c1. The molecule has 0 unspecified atom stereocenters. The topological polar surface area (TPSA) is 111 Å². The van der Waals surface area contributed by atoms with Crippen LogP contribution in [-0.2, 0) is 20.7 Å². The van der Waals surface area contributed by atoms with E-state index in [1.165, 1.54) is 6.92 Å². The van der Waals surface area contributed by atoms with Gasteiger partial charge in [-0.05, 0) is 30.7 Å². The fraction of sp³-hybridized carbons (Fsp3) is 0.211. The summed E-state index contributed by atoms with van der Waals surface area (Å²) in [6, 6.07) is 13.8. The van der Waals surface area contributed by atoms with Crippen molar-refractivity contribution in [1.29, 1.82) is 0 Å². The summed E-state index contributed by atoms with van der Waals surface area (Å²) >= 11 is 5.87. The molecular weight excluding hydrogens is 370 g/mol. The van der Waals surface area contributed by atoms with E-state index in [2.05, 4.69) is 10.6 Å². The summed E-state index contributed by atoms with van der Waals surface area (Å²) in [6.45, 7) is 1.43. The molecule has 2 aromatic carbocycles. The minimum Gasteiger partial charge on any atom is -0.451 e. The molecule has 4 N–H and O–H groups in total. The van der Waals surface area contributed by atoms with Crippen LogP contribution in [0.15, 0.2) is 54.6 Å². The Morgan fingerprint density at radius 1 is 1.11 bits per heavy atom. The summed E-state index contributed by atoms with van der Waals surface area (Å²) in [6.07, 6.45) is -0.893. The molecule has 2 aromatic rings. The van der Waals surface area contributed by atoms with E-state index < -0.39 is 30.1 Å². The van der Waals surface area contributed by atoms with Gasteiger partial charge in [-0.1, -0.05) is 48.0 Å². The van der Waals surface area contributed by atoms with Crippen LogP contribution < -0.4 is 16.4 Å². The lowest BCUT2D eigenvalue weighted by atomic mass is 10.1. The molecule has 0 saturated carbocycles. The highest BCUT2D eigenvalue weighted by Crippen LogP contribution is 2.15. The molecule has 2 atom stereocenters. The number of nitrogens with two attached hydrogens (primary N) is 1. The molecular formula is C19H20ClN3O4. The van der Waals surface area contributed by atoms with E-state index in [9.17, 15) is 14.4 Å². The van der Waals surface area contributed by atoms with Gasteiger partial charge in [0, 0.05) is 17.1 Å². The van der Waals surface area contributed by atoms with Gasteiger partial charge in [0.25, 0.3) is 5.91 Å². The zero-order valence-electron chi connectivity index (χ0n) is 14.6. The normalized spacial score (nSPS) is 12.5. The Balaban J connectivity index is 1.99. The Morgan fingerprint density at radius 2 is 1.81 bits per heavy atom. The minimum atomic E-state index is -1.08. The first-order chi connectivity index (χ1) is 12.8. The Kier molecular flexibility index (Phi) is 7.19. The van der Waals surface area contributed by atoms with Gasteiger partial charge in [0.2, 0.25) is 0 Å². The van der Waals surface area contributed by atoms with Gasteiger partial charge in [0.1, 0.15) is 6.04 Å². The number of carbonyl (C=O) groups is 3. The molecule has 142 valence electrons. The van der Waals surface area contributed by atoms with Crippen LogP contribution in [0.4, 0.5) is 10.5 Å². The van der Waals surface area contributed by atoms with E-state index in [1.807, 2.05) is 18.2 Å². The predicted molar refractivity (Wildman–Crippen MR) is 102 cm³/mol. The number of benzene rings is 2. The third kappa shape index (κ3) is 6.63. The van der Waals surface area contributed by atoms with Gasteiger partial charge in [-0.2, -0.15) is 0 Å². The summed E-state index contributed by atoms with van der Waals surface area (Å²) in [5.41, 5.74) is 6.43. The molecule has 0 heterocycles. The summed E-state index contributed by atoms with van der Waals surface area (Å²) in [4.78, 5) is 35.8. The molecule has 0 radical (unpaired) electrons. The first-order valence-electron chi connectivity index (χ1n) is 8.22. The van der Waals surface area contributed by atoms with Crippen molar-refractivity contribution in [3.8, 4) is 0 Å². The number of esters is 1. The summed E-state index contributed by atoms with van der Waals surface area (Å²) < 4.78 is 5.20. The van der Waals surface area contributed by atoms with Gasteiger partial charge in [0.15, 0.2) is 6.10 Å². The van der Waals surface area contributed by atoms with Crippen molar-refractivity contribution in [3.63, 3.8) is 0 Å². The van der Waals surface area contributed by atoms with Crippen molar-refractivity contribution in [2.45, 2.75) is 25.5 Å². The monoisotopic (exact) mass is 389 g/mol. The van der Waals surface area contributed by atoms with E-state index in [-0.39, 0.29) is 6.42 Å². The maximum Gasteiger partial charge on any atom is 0.329 e. The number of anilines is 1. The predicted octanol–water partition coefficient (Wildman–Crippen LogP) is 2.49. The molecule has 0 fully saturated rings. The molecule has 0 aromatic heterocycles. The second-order valence-electron chi connectivity index (χ2n) is 5.83. The molecule has 3 amide bonds. The third-order valence-corrected chi connectivity index (χ3v) is 3.87. The summed E-state index contributed by atoms with van der Waals surface area (Å²) in [5, 5.41) is 5.41. The van der Waals surface area contributed by atoms with E-state index in [1.54, 1.807) is 36.4 Å². The lowest BCUT2D eigenvalue weighted by Crippen LogP contribution is -2.47. The van der Waals surface area contributed by atoms with Gasteiger partial charge in [-0.3, -0.25) is 4.79 Å². The van der Waals surface area contributed by atoms with Crippen molar-refractivity contribution in [2.24, 2.45) is 5.73 Å². The second kappa shape index (κ2) is 9.59. The maximum atomic E-state index is 12.4. The van der Waals surface area contributed by atoms with Gasteiger partial charge < -0.3 is 21.1 Å². The average Bonchev–Trinajstić information content (AvgIpc) is 2.61. The largest absolute Gasteiger partial charge is 0.451 e. The van der Waals surface area contributed by atoms with E-state index >= 15 is 0 Å². The number of carbonyl (C=O) groups excluding carboxylic acids is 3. The number of primary amides is 1. The van der Waals surface area contributed by atoms with Crippen LogP contribution in [-0.4, -0.2) is 30.1 Å². The third-order valence-electron chi connectivity index (χ3n) is 3.64. The molecule has 0 aliphatic heterocycles. The maximum absolute atomic E-state index is 12.4. The molecule has 2 rings (SSSR count). The molecule has 7 nitrogen and oxygen atoms in total. The van der Waals surface area contributed by atoms with Crippen molar-refractivity contribution in [3.05, 3.63) is 65.2 Å². The van der Waals surface area contributed by atoms with Crippen LogP contribution >= 0.6 is 11.6 Å². The Labute approximate surface area is 161 Å². The lowest BCUT2D eigenvalue weighted by Gasteiger charge is -2.19. The Hall–Kier alpha value is -3.06. The number of hydrogen-bond acceptors (Lipinski definition) is 4. The average molecular weight is 390 g/mol. The summed E-state index contributed by atoms with van der Waals surface area (Å²) in [5.74, 6) is -1.28. The Bertz CT molecular complexity index is 814. The number of ether oxygens (including phenoxy) is 1. The van der Waals surface area contributed by atoms with Crippen LogP contribution in [0.3, 0.4) is 0 Å². The lowest BCUT2D eigenvalue weighted by molar-refractivity contribution is -0.155. The minimum absolute atomic E-state index is 0.186. The zero-order chi connectivity index (χ0) is 19.8. The van der Waals surface area contributed by atoms with Crippen molar-refractivity contribution >= 4 is 35.2 Å². The highest BCUT2D eigenvalue weighted by atomic mass is 35.5. The standard InChI is InChI=1S/C19H20ClN3O4/c1-12(17(24)22-15-9-5-8-14(20)11-15)27-18(25)16(23-19(21)26)10-13-6-3-2-4-7-13/h2-9,11-12,16H,10H2,1H3,(H,22,24)(H3,21,23,26)/t12-,16-/m0/s1. The second-order valence-corrected chi connectivity index (χ2v) is 6.27. The molecule has 0 aliphatic rings. The highest BCUT2D eigenvalue weighted by Gasteiger charge is 2.26. The van der Waals surface area contributed by atoms with Crippen LogP contribution in [0, 0.1) is 0 Å². The molecule has 0 bridgehead atoms. The Morgan fingerprint density at radius 3 is 2.44 bits per heavy atom. The van der Waals surface area contributed by atoms with Crippen molar-refractivity contribution < 1.29 is 19.1 Å². The highest BCUT2D eigenvalue weighted by molar-refractivity contribution is 6.30. The first kappa shape index (κ1) is 20.3. The van der Waals surface area contributed by atoms with Crippen molar-refractivity contribution in [1.82, 2.24) is 5.32 Å². The molecule has 0 saturated heterocycles. The number of halogens is 1. The fourth-order valence-electron chi connectivity index (χ4n) is 2.33. The van der Waals surface area contributed by atoms with Crippen LogP contribution in [0.2, 0.25) is 5.02 Å². The van der Waals surface area contributed by atoms with Crippen LogP contribution in [0.25, 0.3) is 0 Å². The number of urea groups is 1. The van der Waals surface area contributed by atoms with E-state index in [0.717, 1.165) is 5.56 Å².